The lowest BCUT2D eigenvalue weighted by Crippen LogP contribution is -2.48. The number of thiocarbonyl (C=S) groups is 3. The molecule has 0 saturated carbocycles. The molecule has 0 radical (unpaired) electrons. The highest BCUT2D eigenvalue weighted by Crippen LogP contribution is 2.10. The number of nitrogens with one attached hydrogen (secondary N) is 3. The van der Waals surface area contributed by atoms with Crippen LogP contribution in [-0.4, -0.2) is 107 Å². The van der Waals surface area contributed by atoms with Gasteiger partial charge in [-0.2, -0.15) is 0 Å². The maximum Gasteiger partial charge on any atom is 0.257 e. The third-order valence-corrected chi connectivity index (χ3v) is 10.2. The summed E-state index contributed by atoms with van der Waals surface area (Å²) in [6.45, 7) is 0.651. The quantitative estimate of drug-likeness (QED) is 0.263. The van der Waals surface area contributed by atoms with Crippen LogP contribution in [0.15, 0.2) is 34.5 Å². The Kier molecular flexibility index (Phi) is 9.90. The second kappa shape index (κ2) is 12.3. The van der Waals surface area contributed by atoms with Gasteiger partial charge in [-0.25, -0.2) is 25.3 Å². The van der Waals surface area contributed by atoms with Crippen molar-refractivity contribution in [3.8, 4) is 0 Å². The lowest BCUT2D eigenvalue weighted by molar-refractivity contribution is 0.216. The Morgan fingerprint density at radius 2 is 1.03 bits per heavy atom. The molecular weight excluding hydrogens is 605 g/mol. The zero-order valence-electron chi connectivity index (χ0n) is 19.3. The Morgan fingerprint density at radius 1 is 0.676 bits per heavy atom. The minimum atomic E-state index is -3.28. The maximum atomic E-state index is 11.7. The van der Waals surface area contributed by atoms with Crippen LogP contribution in [-0.2, 0) is 39.0 Å². The van der Waals surface area contributed by atoms with Crippen LogP contribution in [0.1, 0.15) is 0 Å². The van der Waals surface area contributed by atoms with Gasteiger partial charge in [0.05, 0.1) is 48.5 Å². The van der Waals surface area contributed by atoms with Crippen LogP contribution in [0.4, 0.5) is 0 Å². The Morgan fingerprint density at radius 3 is 1.35 bits per heavy atom. The summed E-state index contributed by atoms with van der Waals surface area (Å²) in [6, 6.07) is -1.43. The summed E-state index contributed by atoms with van der Waals surface area (Å²) in [4.78, 5) is 1.68. The molecule has 3 unspecified atom stereocenters. The van der Waals surface area contributed by atoms with Crippen molar-refractivity contribution < 1.29 is 34.7 Å². The molecule has 0 fully saturated rings. The van der Waals surface area contributed by atoms with E-state index in [1.165, 1.54) is 18.2 Å². The summed E-state index contributed by atoms with van der Waals surface area (Å²) >= 11 is 15.7. The first kappa shape index (κ1) is 29.7. The van der Waals surface area contributed by atoms with Gasteiger partial charge >= 0.3 is 0 Å². The van der Waals surface area contributed by atoms with E-state index in [0.717, 1.165) is 16.2 Å². The van der Waals surface area contributed by atoms with Crippen LogP contribution in [0.3, 0.4) is 0 Å². The van der Waals surface area contributed by atoms with E-state index in [9.17, 15) is 25.3 Å². The molecule has 0 aromatic carbocycles. The van der Waals surface area contributed by atoms with Crippen LogP contribution in [0.2, 0.25) is 0 Å². The Labute approximate surface area is 232 Å². The highest BCUT2D eigenvalue weighted by molar-refractivity contribution is 7.95. The molecule has 0 saturated heterocycles. The van der Waals surface area contributed by atoms with Crippen molar-refractivity contribution in [2.45, 2.75) is 18.1 Å². The first-order chi connectivity index (χ1) is 17.2. The fourth-order valence-corrected chi connectivity index (χ4v) is 7.95. The molecule has 3 rings (SSSR count). The van der Waals surface area contributed by atoms with Gasteiger partial charge in [0.25, 0.3) is 10.3 Å². The molecule has 3 atom stereocenters. The van der Waals surface area contributed by atoms with E-state index in [4.69, 9.17) is 46.1 Å². The molecule has 0 bridgehead atoms. The fourth-order valence-electron chi connectivity index (χ4n) is 3.45. The lowest BCUT2D eigenvalue weighted by Gasteiger charge is -2.27. The molecule has 206 valence electrons. The SMILES string of the molecule is O=S1(=O)C=CC(NC(=S)OCCN(CCOC(=S)NC2C=CS(=O)(=O)C2)C(=S)NC2C=CS(=O)(=O)C2)C1. The summed E-state index contributed by atoms with van der Waals surface area (Å²) in [5, 5.41) is 12.3. The van der Waals surface area contributed by atoms with E-state index in [2.05, 4.69) is 16.0 Å². The summed E-state index contributed by atoms with van der Waals surface area (Å²) in [7, 11) is -9.76. The zero-order valence-corrected chi connectivity index (χ0v) is 24.2. The van der Waals surface area contributed by atoms with Gasteiger partial charge in [0.1, 0.15) is 13.2 Å². The van der Waals surface area contributed by atoms with Crippen LogP contribution in [0.5, 0.6) is 0 Å². The summed E-state index contributed by atoms with van der Waals surface area (Å²) < 4.78 is 80.5. The largest absolute Gasteiger partial charge is 0.469 e. The molecular formula is C19H26N4O8S6. The first-order valence-electron chi connectivity index (χ1n) is 10.9. The molecule has 0 aromatic heterocycles. The number of nitrogens with zero attached hydrogens (tertiary/aromatic N) is 1. The van der Waals surface area contributed by atoms with Crippen LogP contribution in [0.25, 0.3) is 0 Å². The molecule has 12 nitrogen and oxygen atoms in total. The van der Waals surface area contributed by atoms with Gasteiger partial charge in [-0.15, -0.1) is 0 Å². The molecule has 0 amide bonds. The van der Waals surface area contributed by atoms with E-state index >= 15 is 0 Å². The molecule has 0 aliphatic carbocycles. The molecule has 18 heteroatoms. The van der Waals surface area contributed by atoms with E-state index in [1.54, 1.807) is 4.90 Å². The van der Waals surface area contributed by atoms with Crippen molar-refractivity contribution in [1.82, 2.24) is 20.9 Å². The number of ether oxygens (including phenoxy) is 2. The second-order valence-electron chi connectivity index (χ2n) is 8.29. The topological polar surface area (TPSA) is 160 Å². The van der Waals surface area contributed by atoms with Crippen LogP contribution in [0, 0.1) is 0 Å². The Balaban J connectivity index is 1.47. The highest BCUT2D eigenvalue weighted by atomic mass is 32.2. The number of hydrogen-bond donors (Lipinski definition) is 3. The maximum absolute atomic E-state index is 11.7. The third kappa shape index (κ3) is 10.1. The van der Waals surface area contributed by atoms with E-state index < -0.39 is 47.6 Å². The predicted molar refractivity (Wildman–Crippen MR) is 151 cm³/mol. The number of hydrogen-bond acceptors (Lipinski definition) is 11. The number of rotatable bonds is 9. The predicted octanol–water partition coefficient (Wildman–Crippen LogP) is -1.12. The highest BCUT2D eigenvalue weighted by Gasteiger charge is 2.25. The van der Waals surface area contributed by atoms with Gasteiger partial charge in [-0.1, -0.05) is 0 Å². The molecule has 3 heterocycles. The van der Waals surface area contributed by atoms with Crippen molar-refractivity contribution >= 4 is 81.6 Å². The van der Waals surface area contributed by atoms with Crippen molar-refractivity contribution in [1.29, 1.82) is 0 Å². The van der Waals surface area contributed by atoms with Gasteiger partial charge in [-0.05, 0) is 54.9 Å². The molecule has 0 aromatic rings. The summed E-state index contributed by atoms with van der Waals surface area (Å²) in [5.41, 5.74) is 0. The molecule has 3 aliphatic rings. The van der Waals surface area contributed by atoms with E-state index in [1.807, 2.05) is 0 Å². The number of sulfone groups is 3. The minimum absolute atomic E-state index is 0.0246. The van der Waals surface area contributed by atoms with Gasteiger partial charge in [0, 0.05) is 16.2 Å². The summed E-state index contributed by atoms with van der Waals surface area (Å²) in [5.74, 6) is -0.337. The van der Waals surface area contributed by atoms with Crippen LogP contribution >= 0.6 is 36.7 Å². The average Bonchev–Trinajstić information content (AvgIpc) is 3.41. The van der Waals surface area contributed by atoms with Crippen molar-refractivity contribution in [3.05, 3.63) is 34.5 Å². The van der Waals surface area contributed by atoms with Gasteiger partial charge in [0.15, 0.2) is 34.6 Å². The monoisotopic (exact) mass is 630 g/mol. The fraction of sp³-hybridized carbons (Fsp3) is 0.526. The third-order valence-electron chi connectivity index (χ3n) is 5.18. The van der Waals surface area contributed by atoms with E-state index in [0.29, 0.717) is 0 Å². The molecule has 0 spiro atoms. The molecule has 3 N–H and O–H groups in total. The Hall–Kier alpha value is -1.86. The van der Waals surface area contributed by atoms with Gasteiger partial charge in [-0.3, -0.25) is 0 Å². The second-order valence-corrected chi connectivity index (χ2v) is 15.2. The van der Waals surface area contributed by atoms with Crippen molar-refractivity contribution in [2.24, 2.45) is 0 Å². The van der Waals surface area contributed by atoms with Crippen LogP contribution < -0.4 is 16.0 Å². The average molecular weight is 631 g/mol. The van der Waals surface area contributed by atoms with Gasteiger partial charge in [0.2, 0.25) is 0 Å². The Bertz CT molecular complexity index is 1250. The van der Waals surface area contributed by atoms with Gasteiger partial charge < -0.3 is 30.3 Å². The van der Waals surface area contributed by atoms with Crippen molar-refractivity contribution in [3.63, 3.8) is 0 Å². The minimum Gasteiger partial charge on any atom is -0.469 e. The van der Waals surface area contributed by atoms with Crippen molar-refractivity contribution in [2.75, 3.05) is 43.6 Å². The lowest BCUT2D eigenvalue weighted by atomic mass is 10.3. The summed E-state index contributed by atoms with van der Waals surface area (Å²) in [6.07, 6.45) is 4.49. The smallest absolute Gasteiger partial charge is 0.257 e. The van der Waals surface area contributed by atoms with E-state index in [-0.39, 0.29) is 59.0 Å². The molecule has 37 heavy (non-hydrogen) atoms. The first-order valence-corrected chi connectivity index (χ1v) is 17.2. The standard InChI is InChI=1S/C19H26N4O8S6/c24-35(25)8-1-14(11-35)20-17(32)23(4-6-30-18(33)21-15-2-9-36(26,27)12-15)5-7-31-19(34)22-16-3-10-37(28,29)13-16/h1-3,8-10,14-16H,4-7,11-13H2,(H,20,32)(H,21,33)(H,22,34). The zero-order chi connectivity index (χ0) is 27.3. The molecule has 3 aliphatic heterocycles. The normalized spacial score (nSPS) is 25.9.